The summed E-state index contributed by atoms with van der Waals surface area (Å²) in [7, 11) is -3.48. The number of nitro groups is 1. The molecular weight excluding hydrogens is 338 g/mol. The van der Waals surface area contributed by atoms with Gasteiger partial charge in [0.05, 0.1) is 4.92 Å². The standard InChI is InChI=1S/C14H17N3O4S2/c1-10-9-12(4-5-13(10)17(18)19)15-7-8-16-23(20,21)14-6-3-11(2)22-14/h3-6,9,15-16H,7-8H2,1-2H3. The van der Waals surface area contributed by atoms with Gasteiger partial charge in [0.25, 0.3) is 5.69 Å². The maximum Gasteiger partial charge on any atom is 0.272 e. The lowest BCUT2D eigenvalue weighted by molar-refractivity contribution is -0.385. The van der Waals surface area contributed by atoms with E-state index in [1.54, 1.807) is 31.2 Å². The number of benzene rings is 1. The predicted octanol–water partition coefficient (Wildman–Crippen LogP) is 2.66. The molecule has 0 aliphatic rings. The number of hydrogen-bond donors (Lipinski definition) is 2. The van der Waals surface area contributed by atoms with Gasteiger partial charge in [-0.25, -0.2) is 13.1 Å². The summed E-state index contributed by atoms with van der Waals surface area (Å²) in [6.45, 7) is 4.10. The van der Waals surface area contributed by atoms with E-state index in [0.29, 0.717) is 22.0 Å². The lowest BCUT2D eigenvalue weighted by Gasteiger charge is -2.08. The molecule has 2 aromatic rings. The highest BCUT2D eigenvalue weighted by Crippen LogP contribution is 2.22. The van der Waals surface area contributed by atoms with Crippen molar-refractivity contribution in [1.29, 1.82) is 0 Å². The second kappa shape index (κ2) is 7.07. The minimum absolute atomic E-state index is 0.0596. The zero-order valence-corrected chi connectivity index (χ0v) is 14.3. The summed E-state index contributed by atoms with van der Waals surface area (Å²) >= 11 is 1.22. The SMILES string of the molecule is Cc1ccc(S(=O)(=O)NCCNc2ccc([N+](=O)[O-])c(C)c2)s1. The van der Waals surface area contributed by atoms with E-state index in [9.17, 15) is 18.5 Å². The van der Waals surface area contributed by atoms with Crippen LogP contribution in [0.1, 0.15) is 10.4 Å². The molecule has 7 nitrogen and oxygen atoms in total. The van der Waals surface area contributed by atoms with Crippen molar-refractivity contribution in [2.75, 3.05) is 18.4 Å². The van der Waals surface area contributed by atoms with E-state index in [1.807, 2.05) is 6.92 Å². The van der Waals surface area contributed by atoms with Crippen molar-refractivity contribution in [3.8, 4) is 0 Å². The van der Waals surface area contributed by atoms with Crippen LogP contribution in [0, 0.1) is 24.0 Å². The first-order valence-corrected chi connectivity index (χ1v) is 9.14. The largest absolute Gasteiger partial charge is 0.384 e. The highest BCUT2D eigenvalue weighted by Gasteiger charge is 2.15. The third-order valence-electron chi connectivity index (χ3n) is 3.12. The Balaban J connectivity index is 1.88. The van der Waals surface area contributed by atoms with Crippen LogP contribution in [0.15, 0.2) is 34.5 Å². The van der Waals surface area contributed by atoms with Gasteiger partial charge in [0.1, 0.15) is 4.21 Å². The fourth-order valence-corrected chi connectivity index (χ4v) is 4.35. The van der Waals surface area contributed by atoms with E-state index in [-0.39, 0.29) is 12.2 Å². The van der Waals surface area contributed by atoms with E-state index in [0.717, 1.165) is 4.88 Å². The van der Waals surface area contributed by atoms with Gasteiger partial charge in [0.15, 0.2) is 0 Å². The summed E-state index contributed by atoms with van der Waals surface area (Å²) in [6.07, 6.45) is 0. The lowest BCUT2D eigenvalue weighted by Crippen LogP contribution is -2.28. The van der Waals surface area contributed by atoms with Crippen LogP contribution in [0.4, 0.5) is 11.4 Å². The van der Waals surface area contributed by atoms with Crippen LogP contribution >= 0.6 is 11.3 Å². The Hall–Kier alpha value is -1.97. The maximum absolute atomic E-state index is 12.0. The van der Waals surface area contributed by atoms with Crippen molar-refractivity contribution >= 4 is 32.7 Å². The van der Waals surface area contributed by atoms with Crippen molar-refractivity contribution in [3.63, 3.8) is 0 Å². The van der Waals surface area contributed by atoms with Crippen molar-refractivity contribution in [3.05, 3.63) is 50.9 Å². The van der Waals surface area contributed by atoms with Gasteiger partial charge in [0.2, 0.25) is 10.0 Å². The van der Waals surface area contributed by atoms with Crippen molar-refractivity contribution in [2.45, 2.75) is 18.1 Å². The van der Waals surface area contributed by atoms with Crippen molar-refractivity contribution < 1.29 is 13.3 Å². The van der Waals surface area contributed by atoms with Crippen LogP contribution in [-0.2, 0) is 10.0 Å². The average molecular weight is 355 g/mol. The lowest BCUT2D eigenvalue weighted by atomic mass is 10.2. The number of hydrogen-bond acceptors (Lipinski definition) is 6. The zero-order valence-electron chi connectivity index (χ0n) is 12.7. The summed E-state index contributed by atoms with van der Waals surface area (Å²) in [4.78, 5) is 11.3. The molecule has 0 aliphatic carbocycles. The average Bonchev–Trinajstić information content (AvgIpc) is 2.91. The van der Waals surface area contributed by atoms with Crippen molar-refractivity contribution in [2.24, 2.45) is 0 Å². The van der Waals surface area contributed by atoms with E-state index in [4.69, 9.17) is 0 Å². The van der Waals surface area contributed by atoms with Gasteiger partial charge in [-0.1, -0.05) is 0 Å². The molecule has 2 rings (SSSR count). The molecule has 0 bridgehead atoms. The number of nitro benzene ring substituents is 1. The summed E-state index contributed by atoms with van der Waals surface area (Å²) in [5.74, 6) is 0. The van der Waals surface area contributed by atoms with Gasteiger partial charge in [0, 0.05) is 35.3 Å². The molecule has 0 saturated heterocycles. The second-order valence-corrected chi connectivity index (χ2v) is 8.23. The Morgan fingerprint density at radius 2 is 1.91 bits per heavy atom. The number of anilines is 1. The van der Waals surface area contributed by atoms with Gasteiger partial charge in [-0.2, -0.15) is 0 Å². The summed E-state index contributed by atoms with van der Waals surface area (Å²) in [6, 6.07) is 8.03. The van der Waals surface area contributed by atoms with Gasteiger partial charge >= 0.3 is 0 Å². The highest BCUT2D eigenvalue weighted by atomic mass is 32.2. The zero-order chi connectivity index (χ0) is 17.0. The minimum Gasteiger partial charge on any atom is -0.384 e. The Morgan fingerprint density at radius 1 is 1.17 bits per heavy atom. The molecule has 1 aromatic carbocycles. The molecule has 0 fully saturated rings. The molecule has 0 amide bonds. The third-order valence-corrected chi connectivity index (χ3v) is 6.07. The molecule has 0 radical (unpaired) electrons. The first kappa shape index (κ1) is 17.4. The highest BCUT2D eigenvalue weighted by molar-refractivity contribution is 7.91. The van der Waals surface area contributed by atoms with Crippen LogP contribution in [-0.4, -0.2) is 26.4 Å². The molecule has 2 N–H and O–H groups in total. The fourth-order valence-electron chi connectivity index (χ4n) is 1.99. The van der Waals surface area contributed by atoms with E-state index in [1.165, 1.54) is 17.4 Å². The normalized spacial score (nSPS) is 11.4. The third kappa shape index (κ3) is 4.50. The maximum atomic E-state index is 12.0. The van der Waals surface area contributed by atoms with Crippen LogP contribution in [0.5, 0.6) is 0 Å². The molecule has 0 atom stereocenters. The van der Waals surface area contributed by atoms with Crippen LogP contribution in [0.3, 0.4) is 0 Å². The predicted molar refractivity (Wildman–Crippen MR) is 90.6 cm³/mol. The van der Waals surface area contributed by atoms with Crippen LogP contribution < -0.4 is 10.0 Å². The fraction of sp³-hybridized carbons (Fsp3) is 0.286. The quantitative estimate of drug-likeness (QED) is 0.452. The molecular formula is C14H17N3O4S2. The minimum atomic E-state index is -3.48. The number of rotatable bonds is 7. The van der Waals surface area contributed by atoms with E-state index < -0.39 is 14.9 Å². The second-order valence-electron chi connectivity index (χ2n) is 4.95. The molecule has 1 heterocycles. The molecule has 0 unspecified atom stereocenters. The Morgan fingerprint density at radius 3 is 2.48 bits per heavy atom. The van der Waals surface area contributed by atoms with Crippen molar-refractivity contribution in [1.82, 2.24) is 4.72 Å². The molecule has 0 spiro atoms. The number of nitrogens with zero attached hydrogens (tertiary/aromatic N) is 1. The number of aryl methyl sites for hydroxylation is 2. The van der Waals surface area contributed by atoms with Crippen LogP contribution in [0.2, 0.25) is 0 Å². The number of nitrogens with one attached hydrogen (secondary N) is 2. The molecule has 9 heteroatoms. The Labute approximate surface area is 138 Å². The summed E-state index contributed by atoms with van der Waals surface area (Å²) in [5.41, 5.74) is 1.32. The summed E-state index contributed by atoms with van der Waals surface area (Å²) < 4.78 is 26.9. The van der Waals surface area contributed by atoms with Gasteiger partial charge in [-0.05, 0) is 38.1 Å². The number of sulfonamides is 1. The Kier molecular flexibility index (Phi) is 5.34. The van der Waals surface area contributed by atoms with Gasteiger partial charge in [-0.3, -0.25) is 10.1 Å². The molecule has 0 saturated carbocycles. The monoisotopic (exact) mass is 355 g/mol. The first-order valence-electron chi connectivity index (χ1n) is 6.84. The topological polar surface area (TPSA) is 101 Å². The number of thiophene rings is 1. The molecule has 23 heavy (non-hydrogen) atoms. The van der Waals surface area contributed by atoms with Gasteiger partial charge < -0.3 is 5.32 Å². The van der Waals surface area contributed by atoms with Crippen LogP contribution in [0.25, 0.3) is 0 Å². The molecule has 0 aliphatic heterocycles. The Bertz CT molecular complexity index is 815. The first-order chi connectivity index (χ1) is 10.8. The molecule has 124 valence electrons. The van der Waals surface area contributed by atoms with E-state index in [2.05, 4.69) is 10.0 Å². The van der Waals surface area contributed by atoms with Gasteiger partial charge in [-0.15, -0.1) is 11.3 Å². The smallest absolute Gasteiger partial charge is 0.272 e. The van der Waals surface area contributed by atoms with E-state index >= 15 is 0 Å². The molecule has 1 aromatic heterocycles. The summed E-state index contributed by atoms with van der Waals surface area (Å²) in [5, 5.41) is 13.8.